The van der Waals surface area contributed by atoms with Gasteiger partial charge in [0, 0.05) is 6.20 Å². The van der Waals surface area contributed by atoms with Crippen molar-refractivity contribution in [1.29, 1.82) is 0 Å². The molecule has 0 radical (unpaired) electrons. The molecule has 2 heterocycles. The Kier molecular flexibility index (Phi) is 3.01. The third-order valence-electron chi connectivity index (χ3n) is 2.73. The summed E-state index contributed by atoms with van der Waals surface area (Å²) in [7, 11) is 0. The van der Waals surface area contributed by atoms with E-state index in [2.05, 4.69) is 4.98 Å². The second-order valence-corrected chi connectivity index (χ2v) is 3.93. The molecule has 0 spiro atoms. The first-order valence-electron chi connectivity index (χ1n) is 5.41. The van der Waals surface area contributed by atoms with Crippen LogP contribution in [0.1, 0.15) is 36.0 Å². The molecule has 2 aromatic heterocycles. The molecule has 1 N–H and O–H groups in total. The number of aromatic nitrogens is 2. The molecular formula is C12H12N2O4. The van der Waals surface area contributed by atoms with E-state index in [-0.39, 0.29) is 5.56 Å². The van der Waals surface area contributed by atoms with Gasteiger partial charge in [-0.1, -0.05) is 0 Å². The van der Waals surface area contributed by atoms with Crippen molar-refractivity contribution in [2.24, 2.45) is 0 Å². The fraction of sp³-hybridized carbons (Fsp3) is 0.250. The van der Waals surface area contributed by atoms with Gasteiger partial charge < -0.3 is 9.40 Å². The van der Waals surface area contributed by atoms with Crippen LogP contribution in [-0.4, -0.2) is 15.3 Å². The Morgan fingerprint density at radius 2 is 2.17 bits per heavy atom. The molecule has 0 aliphatic rings. The highest BCUT2D eigenvalue weighted by Gasteiger charge is 2.18. The summed E-state index contributed by atoms with van der Waals surface area (Å²) in [5, 5.41) is 0. The van der Waals surface area contributed by atoms with E-state index in [1.807, 2.05) is 0 Å². The average Bonchev–Trinajstić information content (AvgIpc) is 2.81. The van der Waals surface area contributed by atoms with Gasteiger partial charge in [0.25, 0.3) is 5.56 Å². The van der Waals surface area contributed by atoms with Gasteiger partial charge in [0.15, 0.2) is 5.78 Å². The molecule has 0 bridgehead atoms. The highest BCUT2D eigenvalue weighted by molar-refractivity contribution is 5.93. The van der Waals surface area contributed by atoms with Crippen LogP contribution in [0.15, 0.2) is 38.6 Å². The number of furan rings is 1. The molecule has 6 nitrogen and oxygen atoms in total. The lowest BCUT2D eigenvalue weighted by molar-refractivity contribution is 0.101. The van der Waals surface area contributed by atoms with Crippen molar-refractivity contribution >= 4 is 5.78 Å². The molecule has 94 valence electrons. The van der Waals surface area contributed by atoms with Gasteiger partial charge in [0.2, 0.25) is 0 Å². The van der Waals surface area contributed by atoms with E-state index in [4.69, 9.17) is 4.42 Å². The van der Waals surface area contributed by atoms with Crippen LogP contribution in [0, 0.1) is 0 Å². The number of H-pyrrole nitrogens is 1. The molecule has 1 unspecified atom stereocenters. The highest BCUT2D eigenvalue weighted by Crippen LogP contribution is 2.14. The van der Waals surface area contributed by atoms with Gasteiger partial charge in [0.1, 0.15) is 5.76 Å². The Hall–Kier alpha value is -2.37. The summed E-state index contributed by atoms with van der Waals surface area (Å²) < 4.78 is 6.13. The molecule has 0 amide bonds. The van der Waals surface area contributed by atoms with Crippen molar-refractivity contribution in [1.82, 2.24) is 9.55 Å². The maximum Gasteiger partial charge on any atom is 0.329 e. The molecule has 0 fully saturated rings. The molecule has 0 aliphatic carbocycles. The van der Waals surface area contributed by atoms with Gasteiger partial charge in [-0.2, -0.15) is 0 Å². The number of aromatic amines is 1. The van der Waals surface area contributed by atoms with Crippen molar-refractivity contribution in [3.63, 3.8) is 0 Å². The Morgan fingerprint density at radius 3 is 2.72 bits per heavy atom. The zero-order valence-corrected chi connectivity index (χ0v) is 9.97. The fourth-order valence-corrected chi connectivity index (χ4v) is 1.75. The van der Waals surface area contributed by atoms with E-state index in [0.717, 1.165) is 10.8 Å². The summed E-state index contributed by atoms with van der Waals surface area (Å²) >= 11 is 0. The largest absolute Gasteiger partial charge is 0.467 e. The molecule has 0 aliphatic heterocycles. The minimum Gasteiger partial charge on any atom is -0.467 e. The normalized spacial score (nSPS) is 12.3. The number of carbonyl (C=O) groups is 1. The maximum atomic E-state index is 12.0. The summed E-state index contributed by atoms with van der Waals surface area (Å²) in [6, 6.07) is 2.76. The maximum absolute atomic E-state index is 12.0. The van der Waals surface area contributed by atoms with Crippen molar-refractivity contribution in [3.8, 4) is 0 Å². The number of nitrogens with one attached hydrogen (secondary N) is 1. The van der Waals surface area contributed by atoms with Crippen LogP contribution in [0.3, 0.4) is 0 Å². The average molecular weight is 248 g/mol. The Labute approximate surface area is 102 Å². The number of hydrogen-bond acceptors (Lipinski definition) is 4. The topological polar surface area (TPSA) is 85.1 Å². The summed E-state index contributed by atoms with van der Waals surface area (Å²) in [5.74, 6) is 0.0833. The molecule has 2 rings (SSSR count). The molecule has 6 heteroatoms. The van der Waals surface area contributed by atoms with Crippen LogP contribution in [0.4, 0.5) is 0 Å². The molecule has 0 saturated heterocycles. The van der Waals surface area contributed by atoms with E-state index in [0.29, 0.717) is 5.76 Å². The predicted molar refractivity (Wildman–Crippen MR) is 63.8 cm³/mol. The predicted octanol–water partition coefficient (Wildman–Crippen LogP) is 0.942. The lowest BCUT2D eigenvalue weighted by Crippen LogP contribution is -2.39. The van der Waals surface area contributed by atoms with E-state index < -0.39 is 23.1 Å². The van der Waals surface area contributed by atoms with Gasteiger partial charge >= 0.3 is 5.69 Å². The molecule has 2 aromatic rings. The minimum atomic E-state index is -0.616. The minimum absolute atomic E-state index is 0.0481. The molecule has 1 atom stereocenters. The van der Waals surface area contributed by atoms with Gasteiger partial charge in [-0.05, 0) is 26.0 Å². The van der Waals surface area contributed by atoms with Gasteiger partial charge in [-0.3, -0.25) is 9.59 Å². The first-order valence-corrected chi connectivity index (χ1v) is 5.41. The monoisotopic (exact) mass is 248 g/mol. The number of carbonyl (C=O) groups excluding carboxylic acids is 1. The third kappa shape index (κ3) is 1.92. The highest BCUT2D eigenvalue weighted by atomic mass is 16.3. The van der Waals surface area contributed by atoms with Crippen LogP contribution >= 0.6 is 0 Å². The van der Waals surface area contributed by atoms with Crippen LogP contribution < -0.4 is 11.2 Å². The van der Waals surface area contributed by atoms with E-state index in [9.17, 15) is 14.4 Å². The standard InChI is InChI=1S/C12H12N2O4/c1-7(10-4-3-5-18-10)14-11(16)9(8(2)15)6-13-12(14)17/h3-7H,1-2H3,(H,13,17). The second kappa shape index (κ2) is 4.48. The zero-order valence-electron chi connectivity index (χ0n) is 9.97. The first-order chi connectivity index (χ1) is 8.52. The lowest BCUT2D eigenvalue weighted by atomic mass is 10.2. The van der Waals surface area contributed by atoms with Gasteiger partial charge in [0.05, 0.1) is 17.9 Å². The van der Waals surface area contributed by atoms with Crippen LogP contribution in [0.25, 0.3) is 0 Å². The Bertz CT molecular complexity index is 679. The van der Waals surface area contributed by atoms with Crippen molar-refractivity contribution in [2.45, 2.75) is 19.9 Å². The summed E-state index contributed by atoms with van der Waals surface area (Å²) in [6.07, 6.45) is 2.60. The quantitative estimate of drug-likeness (QED) is 0.819. The molecule has 0 aromatic carbocycles. The second-order valence-electron chi connectivity index (χ2n) is 3.93. The van der Waals surface area contributed by atoms with Crippen LogP contribution in [0.5, 0.6) is 0 Å². The van der Waals surface area contributed by atoms with E-state index in [1.54, 1.807) is 19.1 Å². The Morgan fingerprint density at radius 1 is 1.44 bits per heavy atom. The smallest absolute Gasteiger partial charge is 0.329 e. The summed E-state index contributed by atoms with van der Waals surface area (Å²) in [5.41, 5.74) is -1.24. The fourth-order valence-electron chi connectivity index (χ4n) is 1.75. The summed E-state index contributed by atoms with van der Waals surface area (Å²) in [4.78, 5) is 37.4. The van der Waals surface area contributed by atoms with Crippen molar-refractivity contribution in [2.75, 3.05) is 0 Å². The van der Waals surface area contributed by atoms with Gasteiger partial charge in [-0.25, -0.2) is 9.36 Å². The first kappa shape index (κ1) is 12.1. The third-order valence-corrected chi connectivity index (χ3v) is 2.73. The van der Waals surface area contributed by atoms with E-state index >= 15 is 0 Å². The molecular weight excluding hydrogens is 236 g/mol. The van der Waals surface area contributed by atoms with Crippen molar-refractivity contribution in [3.05, 3.63) is 56.8 Å². The number of hydrogen-bond donors (Lipinski definition) is 1. The number of ketones is 1. The zero-order chi connectivity index (χ0) is 13.3. The van der Waals surface area contributed by atoms with E-state index in [1.165, 1.54) is 13.2 Å². The van der Waals surface area contributed by atoms with Crippen LogP contribution in [0.2, 0.25) is 0 Å². The lowest BCUT2D eigenvalue weighted by Gasteiger charge is -2.11. The number of rotatable bonds is 3. The van der Waals surface area contributed by atoms with Crippen LogP contribution in [-0.2, 0) is 0 Å². The summed E-state index contributed by atoms with van der Waals surface area (Å²) in [6.45, 7) is 2.93. The SMILES string of the molecule is CC(=O)c1c[nH]c(=O)n(C(C)c2ccco2)c1=O. The molecule has 0 saturated carbocycles. The Balaban J connectivity index is 2.64. The number of Topliss-reactive ketones (excluding diaryl/α,β-unsaturated/α-hetero) is 1. The number of nitrogens with zero attached hydrogens (tertiary/aromatic N) is 1. The van der Waals surface area contributed by atoms with Crippen molar-refractivity contribution < 1.29 is 9.21 Å². The van der Waals surface area contributed by atoms with Gasteiger partial charge in [-0.15, -0.1) is 0 Å². The molecule has 18 heavy (non-hydrogen) atoms.